The van der Waals surface area contributed by atoms with E-state index in [9.17, 15) is 5.11 Å². The maximum absolute atomic E-state index is 9.68. The molecule has 0 bridgehead atoms. The number of hydrogen-bond donors (Lipinski definition) is 3. The van der Waals surface area contributed by atoms with Gasteiger partial charge in [0, 0.05) is 19.2 Å². The summed E-state index contributed by atoms with van der Waals surface area (Å²) in [7, 11) is 0. The number of aliphatic hydroxyl groups excluding tert-OH is 2. The van der Waals surface area contributed by atoms with Crippen LogP contribution in [0.3, 0.4) is 0 Å². The molecule has 0 heterocycles. The number of hydrogen-bond acceptors (Lipinski definition) is 5. The Bertz CT molecular complexity index is 178. The van der Waals surface area contributed by atoms with Crippen LogP contribution in [0.1, 0.15) is 33.6 Å². The SMILES string of the molecule is CCC(CCO)NCC(O)COCCOC(C)C. The van der Waals surface area contributed by atoms with Crippen molar-refractivity contribution >= 4 is 0 Å². The highest BCUT2D eigenvalue weighted by Crippen LogP contribution is 1.97. The van der Waals surface area contributed by atoms with Crippen LogP contribution < -0.4 is 5.32 Å². The molecule has 0 aliphatic heterocycles. The summed E-state index contributed by atoms with van der Waals surface area (Å²) >= 11 is 0. The first-order valence-corrected chi connectivity index (χ1v) is 6.81. The summed E-state index contributed by atoms with van der Waals surface area (Å²) in [5.41, 5.74) is 0. The minimum Gasteiger partial charge on any atom is -0.396 e. The molecule has 18 heavy (non-hydrogen) atoms. The van der Waals surface area contributed by atoms with E-state index in [0.717, 1.165) is 6.42 Å². The monoisotopic (exact) mass is 263 g/mol. The first kappa shape index (κ1) is 17.8. The molecule has 0 fully saturated rings. The van der Waals surface area contributed by atoms with Crippen LogP contribution in [0.2, 0.25) is 0 Å². The predicted octanol–water partition coefficient (Wildman–Crippen LogP) is 0.540. The van der Waals surface area contributed by atoms with E-state index in [0.29, 0.717) is 32.8 Å². The molecule has 5 heteroatoms. The van der Waals surface area contributed by atoms with Crippen LogP contribution in [-0.4, -0.2) is 61.4 Å². The van der Waals surface area contributed by atoms with Gasteiger partial charge < -0.3 is 25.0 Å². The topological polar surface area (TPSA) is 71.0 Å². The van der Waals surface area contributed by atoms with Gasteiger partial charge in [-0.2, -0.15) is 0 Å². The summed E-state index contributed by atoms with van der Waals surface area (Å²) < 4.78 is 10.6. The van der Waals surface area contributed by atoms with Crippen molar-refractivity contribution in [1.82, 2.24) is 5.32 Å². The van der Waals surface area contributed by atoms with Crippen LogP contribution in [0.4, 0.5) is 0 Å². The molecule has 3 N–H and O–H groups in total. The van der Waals surface area contributed by atoms with Crippen molar-refractivity contribution in [2.45, 2.75) is 51.9 Å². The van der Waals surface area contributed by atoms with Gasteiger partial charge >= 0.3 is 0 Å². The molecule has 0 radical (unpaired) electrons. The molecule has 0 aliphatic carbocycles. The molecule has 2 unspecified atom stereocenters. The first-order valence-electron chi connectivity index (χ1n) is 6.81. The van der Waals surface area contributed by atoms with Crippen molar-refractivity contribution < 1.29 is 19.7 Å². The molecular weight excluding hydrogens is 234 g/mol. The van der Waals surface area contributed by atoms with E-state index in [2.05, 4.69) is 12.2 Å². The van der Waals surface area contributed by atoms with Crippen molar-refractivity contribution in [2.24, 2.45) is 0 Å². The maximum Gasteiger partial charge on any atom is 0.0897 e. The van der Waals surface area contributed by atoms with Gasteiger partial charge in [0.15, 0.2) is 0 Å². The molecule has 0 aliphatic rings. The van der Waals surface area contributed by atoms with Gasteiger partial charge in [0.2, 0.25) is 0 Å². The van der Waals surface area contributed by atoms with Gasteiger partial charge in [0.05, 0.1) is 32.0 Å². The van der Waals surface area contributed by atoms with Crippen molar-refractivity contribution in [3.63, 3.8) is 0 Å². The smallest absolute Gasteiger partial charge is 0.0897 e. The molecule has 0 aromatic heterocycles. The summed E-state index contributed by atoms with van der Waals surface area (Å²) in [6.45, 7) is 8.04. The molecule has 0 rings (SSSR count). The van der Waals surface area contributed by atoms with Crippen molar-refractivity contribution in [3.05, 3.63) is 0 Å². The average molecular weight is 263 g/mol. The lowest BCUT2D eigenvalue weighted by atomic mass is 10.1. The lowest BCUT2D eigenvalue weighted by molar-refractivity contribution is -0.0106. The van der Waals surface area contributed by atoms with E-state index in [-0.39, 0.29) is 18.8 Å². The van der Waals surface area contributed by atoms with Gasteiger partial charge in [-0.1, -0.05) is 6.92 Å². The minimum atomic E-state index is -0.517. The fraction of sp³-hybridized carbons (Fsp3) is 1.00. The lowest BCUT2D eigenvalue weighted by Crippen LogP contribution is -2.37. The molecule has 0 aromatic carbocycles. The second-order valence-electron chi connectivity index (χ2n) is 4.67. The van der Waals surface area contributed by atoms with Crippen LogP contribution in [0.15, 0.2) is 0 Å². The quantitative estimate of drug-likeness (QED) is 0.448. The number of ether oxygens (including phenoxy) is 2. The zero-order chi connectivity index (χ0) is 13.8. The molecule has 110 valence electrons. The standard InChI is InChI=1S/C13H29NO4/c1-4-12(5-6-15)14-9-13(16)10-17-7-8-18-11(2)3/h11-16H,4-10H2,1-3H3. The van der Waals surface area contributed by atoms with Crippen LogP contribution >= 0.6 is 0 Å². The first-order chi connectivity index (χ1) is 8.60. The number of rotatable bonds is 12. The van der Waals surface area contributed by atoms with Crippen LogP contribution in [-0.2, 0) is 9.47 Å². The van der Waals surface area contributed by atoms with Crippen molar-refractivity contribution in [3.8, 4) is 0 Å². The summed E-state index contributed by atoms with van der Waals surface area (Å²) in [6.07, 6.45) is 1.35. The van der Waals surface area contributed by atoms with E-state index >= 15 is 0 Å². The van der Waals surface area contributed by atoms with E-state index < -0.39 is 6.10 Å². The highest BCUT2D eigenvalue weighted by molar-refractivity contribution is 4.67. The fourth-order valence-corrected chi connectivity index (χ4v) is 1.53. The minimum absolute atomic E-state index is 0.171. The highest BCUT2D eigenvalue weighted by atomic mass is 16.5. The molecule has 0 amide bonds. The Kier molecular flexibility index (Phi) is 11.7. The van der Waals surface area contributed by atoms with Crippen molar-refractivity contribution in [2.75, 3.05) is 33.0 Å². The Morgan fingerprint density at radius 1 is 1.22 bits per heavy atom. The Labute approximate surface area is 110 Å². The highest BCUT2D eigenvalue weighted by Gasteiger charge is 2.09. The molecule has 0 saturated heterocycles. The van der Waals surface area contributed by atoms with Crippen LogP contribution in [0.5, 0.6) is 0 Å². The second-order valence-corrected chi connectivity index (χ2v) is 4.67. The summed E-state index contributed by atoms with van der Waals surface area (Å²) in [4.78, 5) is 0. The normalized spacial score (nSPS) is 15.0. The Balaban J connectivity index is 3.44. The van der Waals surface area contributed by atoms with Crippen LogP contribution in [0.25, 0.3) is 0 Å². The molecule has 0 aromatic rings. The van der Waals surface area contributed by atoms with Gasteiger partial charge in [-0.3, -0.25) is 0 Å². The molecule has 0 saturated carbocycles. The largest absolute Gasteiger partial charge is 0.396 e. The Morgan fingerprint density at radius 3 is 2.50 bits per heavy atom. The predicted molar refractivity (Wildman–Crippen MR) is 71.7 cm³/mol. The Morgan fingerprint density at radius 2 is 1.94 bits per heavy atom. The molecule has 0 spiro atoms. The summed E-state index contributed by atoms with van der Waals surface area (Å²) in [6, 6.07) is 0.258. The van der Waals surface area contributed by atoms with Gasteiger partial charge in [-0.25, -0.2) is 0 Å². The van der Waals surface area contributed by atoms with Gasteiger partial charge in [-0.15, -0.1) is 0 Å². The van der Waals surface area contributed by atoms with E-state index in [1.807, 2.05) is 13.8 Å². The summed E-state index contributed by atoms with van der Waals surface area (Å²) in [5, 5.41) is 21.7. The van der Waals surface area contributed by atoms with E-state index in [4.69, 9.17) is 14.6 Å². The second kappa shape index (κ2) is 11.9. The third kappa shape index (κ3) is 10.9. The average Bonchev–Trinajstić information content (AvgIpc) is 2.33. The molecule has 5 nitrogen and oxygen atoms in total. The van der Waals surface area contributed by atoms with E-state index in [1.54, 1.807) is 0 Å². The third-order valence-electron chi connectivity index (χ3n) is 2.60. The zero-order valence-electron chi connectivity index (χ0n) is 11.9. The van der Waals surface area contributed by atoms with Gasteiger partial charge in [0.25, 0.3) is 0 Å². The number of nitrogens with one attached hydrogen (secondary N) is 1. The summed E-state index contributed by atoms with van der Waals surface area (Å²) in [5.74, 6) is 0. The lowest BCUT2D eigenvalue weighted by Gasteiger charge is -2.18. The number of aliphatic hydroxyl groups is 2. The fourth-order valence-electron chi connectivity index (χ4n) is 1.53. The van der Waals surface area contributed by atoms with Crippen LogP contribution in [0, 0.1) is 0 Å². The van der Waals surface area contributed by atoms with Gasteiger partial charge in [0.1, 0.15) is 0 Å². The third-order valence-corrected chi connectivity index (χ3v) is 2.60. The maximum atomic E-state index is 9.68. The molecular formula is C13H29NO4. The Hall–Kier alpha value is -0.200. The van der Waals surface area contributed by atoms with Gasteiger partial charge in [-0.05, 0) is 26.7 Å². The zero-order valence-corrected chi connectivity index (χ0v) is 11.9. The van der Waals surface area contributed by atoms with E-state index in [1.165, 1.54) is 0 Å². The molecule has 2 atom stereocenters. The van der Waals surface area contributed by atoms with Crippen molar-refractivity contribution in [1.29, 1.82) is 0 Å².